The molecule has 0 spiro atoms. The molecule has 2 aromatic heterocycles. The summed E-state index contributed by atoms with van der Waals surface area (Å²) in [6, 6.07) is 4.14. The number of hydrogen-bond donors (Lipinski definition) is 3. The van der Waals surface area contributed by atoms with Gasteiger partial charge in [0.15, 0.2) is 11.3 Å². The second-order valence-corrected chi connectivity index (χ2v) is 14.0. The molecule has 1 amide bonds. The summed E-state index contributed by atoms with van der Waals surface area (Å²) in [5.74, 6) is 2.52. The van der Waals surface area contributed by atoms with E-state index in [0.29, 0.717) is 29.8 Å². The number of carbonyl (C=O) groups excluding carboxylic acids is 1. The van der Waals surface area contributed by atoms with E-state index in [9.17, 15) is 4.79 Å². The average Bonchev–Trinajstić information content (AvgIpc) is 3.55. The molecule has 0 unspecified atom stereocenters. The molecule has 3 aromatic rings. The lowest BCUT2D eigenvalue weighted by molar-refractivity contribution is -0.121. The number of nitrogens with one attached hydrogen (secondary N) is 2. The summed E-state index contributed by atoms with van der Waals surface area (Å²) >= 11 is 0. The Bertz CT molecular complexity index is 1510. The van der Waals surface area contributed by atoms with Crippen molar-refractivity contribution in [2.75, 3.05) is 52.0 Å². The molecule has 294 valence electrons. The van der Waals surface area contributed by atoms with E-state index in [2.05, 4.69) is 82.8 Å². The molecule has 0 aliphatic carbocycles. The monoisotopic (exact) mass is 733 g/mol. The number of aromatic nitrogens is 4. The highest BCUT2D eigenvalue weighted by molar-refractivity contribution is 5.85. The van der Waals surface area contributed by atoms with Gasteiger partial charge in [-0.05, 0) is 89.1 Å². The first-order valence-electron chi connectivity index (χ1n) is 20.1. The van der Waals surface area contributed by atoms with E-state index in [4.69, 9.17) is 20.3 Å². The maximum absolute atomic E-state index is 12.3. The summed E-state index contributed by atoms with van der Waals surface area (Å²) in [6.45, 7) is 8.02. The molecular weight excluding hydrogens is 665 g/mol. The van der Waals surface area contributed by atoms with Gasteiger partial charge in [0.05, 0.1) is 32.5 Å². The van der Waals surface area contributed by atoms with Gasteiger partial charge in [-0.25, -0.2) is 4.98 Å². The van der Waals surface area contributed by atoms with Crippen LogP contribution in [0.25, 0.3) is 11.0 Å². The van der Waals surface area contributed by atoms with Gasteiger partial charge in [0.2, 0.25) is 11.9 Å². The number of allylic oxidation sites excluding steroid dienone is 4. The van der Waals surface area contributed by atoms with Crippen molar-refractivity contribution in [2.45, 2.75) is 130 Å². The second-order valence-electron chi connectivity index (χ2n) is 14.0. The number of ether oxygens (including phenoxy) is 2. The van der Waals surface area contributed by atoms with Crippen LogP contribution in [0.2, 0.25) is 0 Å². The number of amides is 1. The second kappa shape index (κ2) is 25.8. The Kier molecular flexibility index (Phi) is 21.1. The molecule has 53 heavy (non-hydrogen) atoms. The summed E-state index contributed by atoms with van der Waals surface area (Å²) in [7, 11) is 5.47. The van der Waals surface area contributed by atoms with E-state index < -0.39 is 0 Å². The highest BCUT2D eigenvalue weighted by Gasteiger charge is 2.17. The molecule has 11 heteroatoms. The van der Waals surface area contributed by atoms with E-state index in [1.165, 1.54) is 44.9 Å². The van der Waals surface area contributed by atoms with Crippen LogP contribution in [0.15, 0.2) is 42.6 Å². The number of unbranched alkanes of at least 4 members (excludes halogenated alkanes) is 10. The average molecular weight is 733 g/mol. The lowest BCUT2D eigenvalue weighted by atomic mass is 10.1. The van der Waals surface area contributed by atoms with Gasteiger partial charge in [0.1, 0.15) is 17.0 Å². The number of rotatable bonds is 29. The largest absolute Gasteiger partial charge is 0.496 e. The third-order valence-electron chi connectivity index (χ3n) is 9.33. The molecule has 1 aromatic carbocycles. The predicted octanol–water partition coefficient (Wildman–Crippen LogP) is 8.83. The molecule has 3 rings (SSSR count). The van der Waals surface area contributed by atoms with Crippen LogP contribution in [-0.4, -0.2) is 71.5 Å². The number of nitrogens with zero attached hydrogens (tertiary/aromatic N) is 5. The smallest absolute Gasteiger partial charge is 0.222 e. The van der Waals surface area contributed by atoms with Crippen molar-refractivity contribution in [3.05, 3.63) is 53.8 Å². The van der Waals surface area contributed by atoms with Crippen molar-refractivity contribution < 1.29 is 14.3 Å². The van der Waals surface area contributed by atoms with Crippen LogP contribution >= 0.6 is 0 Å². The quantitative estimate of drug-likeness (QED) is 0.0473. The van der Waals surface area contributed by atoms with Crippen molar-refractivity contribution in [2.24, 2.45) is 0 Å². The SMILES string of the molecule is CCCCC/C=C\C/C=C\CCCCCCCC(=O)NCCCCN(C)Cc1cc(OC)c(Cn2cc3nc(N)nc(NCCCC)c3n2)c(OC)c1. The Balaban J connectivity index is 1.33. The fraction of sp³-hybridized carbons (Fsp3) is 0.619. The Morgan fingerprint density at radius 2 is 1.53 bits per heavy atom. The molecule has 2 heterocycles. The molecule has 0 saturated heterocycles. The number of nitrogen functional groups attached to an aromatic ring is 1. The lowest BCUT2D eigenvalue weighted by Gasteiger charge is -2.20. The summed E-state index contributed by atoms with van der Waals surface area (Å²) < 4.78 is 13.5. The van der Waals surface area contributed by atoms with Gasteiger partial charge < -0.3 is 30.7 Å². The van der Waals surface area contributed by atoms with Gasteiger partial charge in [-0.3, -0.25) is 9.48 Å². The summed E-state index contributed by atoms with van der Waals surface area (Å²) in [5.41, 5.74) is 9.35. The molecule has 0 atom stereocenters. The summed E-state index contributed by atoms with van der Waals surface area (Å²) in [5, 5.41) is 11.2. The molecule has 0 saturated carbocycles. The minimum absolute atomic E-state index is 0.174. The van der Waals surface area contributed by atoms with Crippen molar-refractivity contribution in [3.63, 3.8) is 0 Å². The zero-order valence-corrected chi connectivity index (χ0v) is 33.4. The van der Waals surface area contributed by atoms with E-state index in [0.717, 1.165) is 100 Å². The fourth-order valence-corrected chi connectivity index (χ4v) is 6.32. The Morgan fingerprint density at radius 3 is 2.23 bits per heavy atom. The van der Waals surface area contributed by atoms with Gasteiger partial charge in [0, 0.05) is 26.1 Å². The maximum Gasteiger partial charge on any atom is 0.222 e. The van der Waals surface area contributed by atoms with Crippen LogP contribution in [0.1, 0.15) is 128 Å². The van der Waals surface area contributed by atoms with Gasteiger partial charge in [-0.2, -0.15) is 10.1 Å². The lowest BCUT2D eigenvalue weighted by Crippen LogP contribution is -2.25. The van der Waals surface area contributed by atoms with Gasteiger partial charge in [0.25, 0.3) is 0 Å². The third kappa shape index (κ3) is 16.6. The number of nitrogens with two attached hydrogens (primary N) is 1. The van der Waals surface area contributed by atoms with Crippen molar-refractivity contribution in [1.82, 2.24) is 30.0 Å². The Hall–Kier alpha value is -4.12. The van der Waals surface area contributed by atoms with E-state index in [1.54, 1.807) is 14.2 Å². The number of benzene rings is 1. The van der Waals surface area contributed by atoms with Gasteiger partial charge in [-0.1, -0.05) is 76.7 Å². The number of anilines is 2. The standard InChI is InChI=1S/C42H68N8O3/c1-6-8-10-11-12-13-14-15-16-17-18-19-20-21-22-25-39(51)44-27-23-24-28-49(3)31-34-29-37(52-4)35(38(30-34)53-5)32-50-33-36-40(48-50)41(45-26-9-7-2)47-42(43)46-36/h12-13,15-16,29-30,33H,6-11,14,17-28,31-32H2,1-5H3,(H,44,51)(H3,43,45,46,47)/b13-12-,16-15-. The first-order chi connectivity index (χ1) is 25.9. The topological polar surface area (TPSA) is 132 Å². The Morgan fingerprint density at radius 1 is 0.849 bits per heavy atom. The minimum Gasteiger partial charge on any atom is -0.496 e. The highest BCUT2D eigenvalue weighted by atomic mass is 16.5. The van der Waals surface area contributed by atoms with Crippen LogP contribution in [0.3, 0.4) is 0 Å². The van der Waals surface area contributed by atoms with E-state index >= 15 is 0 Å². The summed E-state index contributed by atoms with van der Waals surface area (Å²) in [6.07, 6.45) is 28.9. The minimum atomic E-state index is 0.174. The zero-order valence-electron chi connectivity index (χ0n) is 33.4. The fourth-order valence-electron chi connectivity index (χ4n) is 6.32. The van der Waals surface area contributed by atoms with Gasteiger partial charge >= 0.3 is 0 Å². The van der Waals surface area contributed by atoms with E-state index in [1.807, 2.05) is 10.9 Å². The molecule has 0 fully saturated rings. The molecule has 0 bridgehead atoms. The summed E-state index contributed by atoms with van der Waals surface area (Å²) in [4.78, 5) is 23.4. The Labute approximate surface area is 319 Å². The van der Waals surface area contributed by atoms with Crippen LogP contribution in [0.4, 0.5) is 11.8 Å². The van der Waals surface area contributed by atoms with Crippen LogP contribution in [0.5, 0.6) is 11.5 Å². The first kappa shape index (κ1) is 43.3. The first-order valence-corrected chi connectivity index (χ1v) is 20.1. The van der Waals surface area contributed by atoms with Crippen molar-refractivity contribution >= 4 is 28.7 Å². The molecule has 0 aliphatic rings. The molecule has 0 aliphatic heterocycles. The predicted molar refractivity (Wildman–Crippen MR) is 220 cm³/mol. The number of hydrogen-bond acceptors (Lipinski definition) is 9. The third-order valence-corrected chi connectivity index (χ3v) is 9.33. The molecular formula is C42H68N8O3. The molecule has 11 nitrogen and oxygen atoms in total. The van der Waals surface area contributed by atoms with E-state index in [-0.39, 0.29) is 11.9 Å². The number of carbonyl (C=O) groups is 1. The number of methoxy groups -OCH3 is 2. The highest BCUT2D eigenvalue weighted by Crippen LogP contribution is 2.32. The van der Waals surface area contributed by atoms with Crippen LogP contribution in [0, 0.1) is 0 Å². The van der Waals surface area contributed by atoms with Gasteiger partial charge in [-0.15, -0.1) is 0 Å². The molecule has 4 N–H and O–H groups in total. The zero-order chi connectivity index (χ0) is 38.1. The maximum atomic E-state index is 12.3. The normalized spacial score (nSPS) is 11.7. The molecule has 0 radical (unpaired) electrons. The van der Waals surface area contributed by atoms with Crippen LogP contribution in [-0.2, 0) is 17.9 Å². The van der Waals surface area contributed by atoms with Crippen molar-refractivity contribution in [1.29, 1.82) is 0 Å². The van der Waals surface area contributed by atoms with Crippen LogP contribution < -0.4 is 25.8 Å². The van der Waals surface area contributed by atoms with Crippen molar-refractivity contribution in [3.8, 4) is 11.5 Å². The number of fused-ring (bicyclic) bond motifs is 1.